The van der Waals surface area contributed by atoms with E-state index < -0.39 is 0 Å². The summed E-state index contributed by atoms with van der Waals surface area (Å²) in [6, 6.07) is 5.87. The Balaban J connectivity index is 1.31. The summed E-state index contributed by atoms with van der Waals surface area (Å²) in [6.45, 7) is 3.51. The Labute approximate surface area is 149 Å². The molecule has 4 heteroatoms. The van der Waals surface area contributed by atoms with Crippen LogP contribution in [0.25, 0.3) is 11.0 Å². The van der Waals surface area contributed by atoms with Gasteiger partial charge in [-0.05, 0) is 94.1 Å². The molecule has 136 valence electrons. The van der Waals surface area contributed by atoms with Gasteiger partial charge in [0.2, 0.25) is 0 Å². The molecular formula is C21H29FN2O. The molecule has 25 heavy (non-hydrogen) atoms. The van der Waals surface area contributed by atoms with E-state index in [1.165, 1.54) is 44.2 Å². The summed E-state index contributed by atoms with van der Waals surface area (Å²) in [4.78, 5) is 2.61. The normalized spacial score (nSPS) is 26.3. The van der Waals surface area contributed by atoms with Gasteiger partial charge >= 0.3 is 0 Å². The Morgan fingerprint density at radius 2 is 1.80 bits per heavy atom. The lowest BCUT2D eigenvalue weighted by Crippen LogP contribution is -2.35. The van der Waals surface area contributed by atoms with Crippen LogP contribution in [0.5, 0.6) is 0 Å². The molecule has 0 bridgehead atoms. The number of hydrogen-bond acceptors (Lipinski definition) is 3. The molecule has 2 aliphatic rings. The number of furan rings is 1. The highest BCUT2D eigenvalue weighted by Crippen LogP contribution is 2.35. The molecule has 2 heterocycles. The van der Waals surface area contributed by atoms with E-state index in [9.17, 15) is 4.39 Å². The summed E-state index contributed by atoms with van der Waals surface area (Å²) in [5.41, 5.74) is 7.67. The van der Waals surface area contributed by atoms with Crippen LogP contribution >= 0.6 is 0 Å². The first kappa shape index (κ1) is 17.0. The monoisotopic (exact) mass is 344 g/mol. The highest BCUT2D eigenvalue weighted by Gasteiger charge is 2.24. The number of benzene rings is 1. The number of fused-ring (bicyclic) bond motifs is 1. The van der Waals surface area contributed by atoms with E-state index in [1.54, 1.807) is 12.3 Å². The van der Waals surface area contributed by atoms with Crippen LogP contribution in [-0.2, 0) is 0 Å². The van der Waals surface area contributed by atoms with E-state index in [0.717, 1.165) is 37.2 Å². The van der Waals surface area contributed by atoms with Gasteiger partial charge in [0.1, 0.15) is 0 Å². The van der Waals surface area contributed by atoms with Gasteiger partial charge in [0, 0.05) is 11.4 Å². The maximum atomic E-state index is 13.8. The van der Waals surface area contributed by atoms with E-state index in [-0.39, 0.29) is 5.82 Å². The summed E-state index contributed by atoms with van der Waals surface area (Å²) in [6.07, 6.45) is 10.3. The molecule has 1 aromatic carbocycles. The zero-order chi connectivity index (χ0) is 17.2. The highest BCUT2D eigenvalue weighted by molar-refractivity contribution is 5.82. The van der Waals surface area contributed by atoms with E-state index >= 15 is 0 Å². The molecule has 2 N–H and O–H groups in total. The van der Waals surface area contributed by atoms with Crippen molar-refractivity contribution < 1.29 is 8.81 Å². The van der Waals surface area contributed by atoms with Crippen LogP contribution in [0.4, 0.5) is 4.39 Å². The molecule has 2 fully saturated rings. The van der Waals surface area contributed by atoms with Gasteiger partial charge in [-0.2, -0.15) is 0 Å². The fourth-order valence-corrected chi connectivity index (χ4v) is 4.72. The van der Waals surface area contributed by atoms with Gasteiger partial charge < -0.3 is 15.1 Å². The van der Waals surface area contributed by atoms with Crippen molar-refractivity contribution in [3.63, 3.8) is 0 Å². The molecule has 3 nitrogen and oxygen atoms in total. The molecule has 0 unspecified atom stereocenters. The summed E-state index contributed by atoms with van der Waals surface area (Å²) in [5.74, 6) is 1.14. The highest BCUT2D eigenvalue weighted by atomic mass is 19.1. The Hall–Kier alpha value is -1.39. The van der Waals surface area contributed by atoms with Crippen molar-refractivity contribution in [2.75, 3.05) is 19.6 Å². The Morgan fingerprint density at radius 3 is 2.56 bits per heavy atom. The fraction of sp³-hybridized carbons (Fsp3) is 0.619. The summed E-state index contributed by atoms with van der Waals surface area (Å²) in [5, 5.41) is 0.956. The molecule has 1 aromatic heterocycles. The Kier molecular flexibility index (Phi) is 5.09. The fourth-order valence-electron chi connectivity index (χ4n) is 4.72. The SMILES string of the molecule is NC1CCC(CCN2CCC(c3ccc(F)c4occc34)CC2)CC1. The number of nitrogens with zero attached hydrogens (tertiary/aromatic N) is 1. The van der Waals surface area contributed by atoms with Crippen LogP contribution in [0, 0.1) is 11.7 Å². The number of nitrogens with two attached hydrogens (primary N) is 1. The third-order valence-corrected chi connectivity index (χ3v) is 6.37. The van der Waals surface area contributed by atoms with Gasteiger partial charge in [-0.15, -0.1) is 0 Å². The summed E-state index contributed by atoms with van der Waals surface area (Å²) >= 11 is 0. The number of piperidine rings is 1. The van der Waals surface area contributed by atoms with Crippen molar-refractivity contribution in [2.45, 2.75) is 56.9 Å². The Morgan fingerprint density at radius 1 is 1.04 bits per heavy atom. The predicted molar refractivity (Wildman–Crippen MR) is 99.1 cm³/mol. The van der Waals surface area contributed by atoms with Gasteiger partial charge in [-0.1, -0.05) is 6.07 Å². The van der Waals surface area contributed by atoms with Crippen LogP contribution in [0.15, 0.2) is 28.9 Å². The molecule has 1 saturated carbocycles. The maximum absolute atomic E-state index is 13.8. The van der Waals surface area contributed by atoms with Crippen LogP contribution < -0.4 is 5.73 Å². The maximum Gasteiger partial charge on any atom is 0.169 e. The van der Waals surface area contributed by atoms with E-state index in [4.69, 9.17) is 10.2 Å². The van der Waals surface area contributed by atoms with Crippen molar-refractivity contribution in [2.24, 2.45) is 11.7 Å². The molecule has 0 spiro atoms. The topological polar surface area (TPSA) is 42.4 Å². The first-order valence-corrected chi connectivity index (χ1v) is 9.84. The predicted octanol–water partition coefficient (Wildman–Crippen LogP) is 4.66. The Bertz CT molecular complexity index is 697. The van der Waals surface area contributed by atoms with Crippen LogP contribution in [0.2, 0.25) is 0 Å². The van der Waals surface area contributed by atoms with E-state index in [0.29, 0.717) is 17.5 Å². The minimum absolute atomic E-state index is 0.256. The number of halogens is 1. The molecule has 4 rings (SSSR count). The van der Waals surface area contributed by atoms with Gasteiger partial charge in [0.15, 0.2) is 11.4 Å². The number of hydrogen-bond donors (Lipinski definition) is 1. The third kappa shape index (κ3) is 3.75. The third-order valence-electron chi connectivity index (χ3n) is 6.37. The van der Waals surface area contributed by atoms with Crippen molar-refractivity contribution in [1.29, 1.82) is 0 Å². The van der Waals surface area contributed by atoms with E-state index in [2.05, 4.69) is 4.90 Å². The second-order valence-corrected chi connectivity index (χ2v) is 7.99. The summed E-state index contributed by atoms with van der Waals surface area (Å²) in [7, 11) is 0. The van der Waals surface area contributed by atoms with E-state index in [1.807, 2.05) is 12.1 Å². The lowest BCUT2D eigenvalue weighted by atomic mass is 9.84. The minimum Gasteiger partial charge on any atom is -0.461 e. The minimum atomic E-state index is -0.256. The second kappa shape index (κ2) is 7.46. The first-order valence-electron chi connectivity index (χ1n) is 9.84. The summed E-state index contributed by atoms with van der Waals surface area (Å²) < 4.78 is 19.1. The standard InChI is InChI=1S/C21H29FN2O/c22-20-6-5-18(19-10-14-25-21(19)20)16-8-12-24(13-9-16)11-7-15-1-3-17(23)4-2-15/h5-6,10,14-17H,1-4,7-9,11-13,23H2. The van der Waals surface area contributed by atoms with Crippen molar-refractivity contribution in [3.05, 3.63) is 35.8 Å². The van der Waals surface area contributed by atoms with Crippen LogP contribution in [0.3, 0.4) is 0 Å². The molecule has 0 radical (unpaired) electrons. The van der Waals surface area contributed by atoms with Crippen molar-refractivity contribution in [3.8, 4) is 0 Å². The zero-order valence-electron chi connectivity index (χ0n) is 14.9. The smallest absolute Gasteiger partial charge is 0.169 e. The lowest BCUT2D eigenvalue weighted by molar-refractivity contribution is 0.187. The molecule has 0 atom stereocenters. The largest absolute Gasteiger partial charge is 0.461 e. The quantitative estimate of drug-likeness (QED) is 0.877. The zero-order valence-corrected chi connectivity index (χ0v) is 14.9. The molecule has 0 amide bonds. The molecular weight excluding hydrogens is 315 g/mol. The van der Waals surface area contributed by atoms with Crippen molar-refractivity contribution in [1.82, 2.24) is 4.90 Å². The van der Waals surface area contributed by atoms with Gasteiger partial charge in [0.05, 0.1) is 6.26 Å². The average Bonchev–Trinajstić information content (AvgIpc) is 3.13. The second-order valence-electron chi connectivity index (χ2n) is 7.99. The van der Waals surface area contributed by atoms with Crippen LogP contribution in [-0.4, -0.2) is 30.6 Å². The van der Waals surface area contributed by atoms with Gasteiger partial charge in [-0.25, -0.2) is 4.39 Å². The van der Waals surface area contributed by atoms with Crippen LogP contribution in [0.1, 0.15) is 56.4 Å². The lowest BCUT2D eigenvalue weighted by Gasteiger charge is -2.34. The molecule has 2 aromatic rings. The molecule has 1 saturated heterocycles. The van der Waals surface area contributed by atoms with Gasteiger partial charge in [-0.3, -0.25) is 0 Å². The first-order chi connectivity index (χ1) is 12.2. The average molecular weight is 344 g/mol. The van der Waals surface area contributed by atoms with Crippen molar-refractivity contribution >= 4 is 11.0 Å². The molecule has 1 aliphatic heterocycles. The van der Waals surface area contributed by atoms with Gasteiger partial charge in [0.25, 0.3) is 0 Å². The number of likely N-dealkylation sites (tertiary alicyclic amines) is 1. The molecule has 1 aliphatic carbocycles. The number of rotatable bonds is 4.